The Labute approximate surface area is 103 Å². The first kappa shape index (κ1) is 11.9. The topological polar surface area (TPSA) is 24.9 Å². The van der Waals surface area contributed by atoms with E-state index in [4.69, 9.17) is 0 Å². The minimum atomic E-state index is 0.233. The van der Waals surface area contributed by atoms with Crippen molar-refractivity contribution in [3.8, 4) is 0 Å². The maximum absolute atomic E-state index is 4.33. The summed E-state index contributed by atoms with van der Waals surface area (Å²) < 4.78 is 0. The molecule has 1 aromatic carbocycles. The minimum absolute atomic E-state index is 0.233. The van der Waals surface area contributed by atoms with E-state index < -0.39 is 0 Å². The van der Waals surface area contributed by atoms with Crippen molar-refractivity contribution in [2.45, 2.75) is 32.6 Å². The lowest BCUT2D eigenvalue weighted by atomic mass is 9.81. The van der Waals surface area contributed by atoms with Gasteiger partial charge in [-0.2, -0.15) is 0 Å². The quantitative estimate of drug-likeness (QED) is 0.860. The van der Waals surface area contributed by atoms with Gasteiger partial charge in [-0.1, -0.05) is 39.0 Å². The summed E-state index contributed by atoms with van der Waals surface area (Å²) in [4.78, 5) is 4.33. The number of benzene rings is 1. The molecule has 0 amide bonds. The van der Waals surface area contributed by atoms with Crippen molar-refractivity contribution in [2.24, 2.45) is 0 Å². The number of rotatable bonds is 3. The first-order chi connectivity index (χ1) is 8.06. The van der Waals surface area contributed by atoms with Gasteiger partial charge in [0.2, 0.25) is 0 Å². The van der Waals surface area contributed by atoms with Crippen LogP contribution < -0.4 is 5.32 Å². The average molecular weight is 228 g/mol. The number of aromatic nitrogens is 1. The predicted octanol–water partition coefficient (Wildman–Crippen LogP) is 3.96. The molecule has 90 valence electrons. The number of nitrogens with one attached hydrogen (secondary N) is 1. The number of pyridine rings is 1. The molecule has 0 atom stereocenters. The van der Waals surface area contributed by atoms with Gasteiger partial charge in [0.25, 0.3) is 0 Å². The van der Waals surface area contributed by atoms with Crippen LogP contribution in [0, 0.1) is 0 Å². The summed E-state index contributed by atoms with van der Waals surface area (Å²) in [5, 5.41) is 5.53. The second kappa shape index (κ2) is 4.36. The Morgan fingerprint density at radius 3 is 2.59 bits per heavy atom. The van der Waals surface area contributed by atoms with Gasteiger partial charge in [0.05, 0.1) is 0 Å². The second-order valence-electron chi connectivity index (χ2n) is 5.12. The molecule has 0 saturated heterocycles. The first-order valence-corrected chi connectivity index (χ1v) is 6.15. The molecule has 0 aliphatic heterocycles. The summed E-state index contributed by atoms with van der Waals surface area (Å²) in [5.74, 6) is 0.920. The zero-order valence-electron chi connectivity index (χ0n) is 11.0. The molecule has 0 aliphatic rings. The molecule has 2 nitrogen and oxygen atoms in total. The van der Waals surface area contributed by atoms with Crippen molar-refractivity contribution in [3.63, 3.8) is 0 Å². The van der Waals surface area contributed by atoms with Gasteiger partial charge in [0, 0.05) is 18.6 Å². The molecule has 17 heavy (non-hydrogen) atoms. The summed E-state index contributed by atoms with van der Waals surface area (Å²) in [6.07, 6.45) is 3.06. The van der Waals surface area contributed by atoms with Crippen LogP contribution >= 0.6 is 0 Å². The van der Waals surface area contributed by atoms with Gasteiger partial charge in [-0.3, -0.25) is 0 Å². The molecule has 1 N–H and O–H groups in total. The third-order valence-electron chi connectivity index (χ3n) is 3.64. The zero-order chi connectivity index (χ0) is 12.5. The Bertz CT molecular complexity index is 529. The van der Waals surface area contributed by atoms with Crippen molar-refractivity contribution >= 4 is 16.6 Å². The molecule has 2 aromatic rings. The third-order valence-corrected chi connectivity index (χ3v) is 3.64. The van der Waals surface area contributed by atoms with Gasteiger partial charge in [-0.15, -0.1) is 0 Å². The number of anilines is 1. The molecule has 0 saturated carbocycles. The largest absolute Gasteiger partial charge is 0.373 e. The van der Waals surface area contributed by atoms with Crippen LogP contribution in [0.1, 0.15) is 32.8 Å². The van der Waals surface area contributed by atoms with Crippen molar-refractivity contribution in [2.75, 3.05) is 12.4 Å². The van der Waals surface area contributed by atoms with Gasteiger partial charge >= 0.3 is 0 Å². The lowest BCUT2D eigenvalue weighted by molar-refractivity contribution is 0.507. The Balaban J connectivity index is 2.55. The maximum atomic E-state index is 4.33. The van der Waals surface area contributed by atoms with E-state index in [0.29, 0.717) is 0 Å². The molecule has 1 heterocycles. The monoisotopic (exact) mass is 228 g/mol. The van der Waals surface area contributed by atoms with Gasteiger partial charge in [-0.25, -0.2) is 4.98 Å². The molecule has 0 aliphatic carbocycles. The molecular formula is C15H20N2. The lowest BCUT2D eigenvalue weighted by Crippen LogP contribution is -2.15. The SMILES string of the molecule is CCC(C)(C)c1ccc2cnc(NC)cc2c1. The van der Waals surface area contributed by atoms with Gasteiger partial charge in [0.15, 0.2) is 0 Å². The van der Waals surface area contributed by atoms with Crippen LogP contribution in [0.15, 0.2) is 30.5 Å². The molecule has 0 bridgehead atoms. The number of nitrogens with zero attached hydrogens (tertiary/aromatic N) is 1. The van der Waals surface area contributed by atoms with E-state index >= 15 is 0 Å². The minimum Gasteiger partial charge on any atom is -0.373 e. The normalized spacial score (nSPS) is 11.8. The summed E-state index contributed by atoms with van der Waals surface area (Å²) in [5.41, 5.74) is 1.62. The highest BCUT2D eigenvalue weighted by molar-refractivity contribution is 5.84. The van der Waals surface area contributed by atoms with Crippen LogP contribution in [0.4, 0.5) is 5.82 Å². The van der Waals surface area contributed by atoms with E-state index in [1.807, 2.05) is 13.2 Å². The van der Waals surface area contributed by atoms with E-state index in [1.54, 1.807) is 0 Å². The van der Waals surface area contributed by atoms with Gasteiger partial charge in [-0.05, 0) is 28.9 Å². The molecule has 2 rings (SSSR count). The number of fused-ring (bicyclic) bond motifs is 1. The standard InChI is InChI=1S/C15H20N2/c1-5-15(2,3)13-7-6-11-10-17-14(16-4)9-12(11)8-13/h6-10H,5H2,1-4H3,(H,16,17). The van der Waals surface area contributed by atoms with Crippen LogP contribution in [0.5, 0.6) is 0 Å². The Hall–Kier alpha value is -1.57. The number of hydrogen-bond acceptors (Lipinski definition) is 2. The van der Waals surface area contributed by atoms with Crippen LogP contribution in [0.3, 0.4) is 0 Å². The Morgan fingerprint density at radius 1 is 1.18 bits per heavy atom. The fraction of sp³-hybridized carbons (Fsp3) is 0.400. The third kappa shape index (κ3) is 2.26. The predicted molar refractivity (Wildman–Crippen MR) is 74.6 cm³/mol. The van der Waals surface area contributed by atoms with Crippen molar-refractivity contribution in [1.82, 2.24) is 4.98 Å². The fourth-order valence-electron chi connectivity index (χ4n) is 1.90. The fourth-order valence-corrected chi connectivity index (χ4v) is 1.90. The highest BCUT2D eigenvalue weighted by atomic mass is 14.9. The zero-order valence-corrected chi connectivity index (χ0v) is 11.0. The highest BCUT2D eigenvalue weighted by Gasteiger charge is 2.17. The van der Waals surface area contributed by atoms with Crippen LogP contribution in [-0.4, -0.2) is 12.0 Å². The maximum Gasteiger partial charge on any atom is 0.126 e. The number of hydrogen-bond donors (Lipinski definition) is 1. The summed E-state index contributed by atoms with van der Waals surface area (Å²) in [7, 11) is 1.90. The van der Waals surface area contributed by atoms with Crippen LogP contribution in [0.2, 0.25) is 0 Å². The van der Waals surface area contributed by atoms with E-state index in [2.05, 4.69) is 55.3 Å². The van der Waals surface area contributed by atoms with Gasteiger partial charge < -0.3 is 5.32 Å². The molecule has 0 radical (unpaired) electrons. The van der Waals surface area contributed by atoms with Crippen LogP contribution in [-0.2, 0) is 5.41 Å². The van der Waals surface area contributed by atoms with E-state index in [9.17, 15) is 0 Å². The Morgan fingerprint density at radius 2 is 1.94 bits per heavy atom. The smallest absolute Gasteiger partial charge is 0.126 e. The lowest BCUT2D eigenvalue weighted by Gasteiger charge is -2.23. The molecule has 1 aromatic heterocycles. The van der Waals surface area contributed by atoms with Crippen molar-refractivity contribution in [3.05, 3.63) is 36.0 Å². The van der Waals surface area contributed by atoms with Gasteiger partial charge in [0.1, 0.15) is 5.82 Å². The molecule has 2 heteroatoms. The molecular weight excluding hydrogens is 208 g/mol. The summed E-state index contributed by atoms with van der Waals surface area (Å²) in [6.45, 7) is 6.80. The first-order valence-electron chi connectivity index (χ1n) is 6.15. The molecule has 0 spiro atoms. The van der Waals surface area contributed by atoms with Crippen molar-refractivity contribution in [1.29, 1.82) is 0 Å². The molecule has 0 unspecified atom stereocenters. The average Bonchev–Trinajstić information content (AvgIpc) is 2.37. The summed E-state index contributed by atoms with van der Waals surface area (Å²) in [6, 6.07) is 8.76. The van der Waals surface area contributed by atoms with E-state index in [-0.39, 0.29) is 5.41 Å². The van der Waals surface area contributed by atoms with E-state index in [1.165, 1.54) is 16.3 Å². The van der Waals surface area contributed by atoms with E-state index in [0.717, 1.165) is 12.2 Å². The second-order valence-corrected chi connectivity index (χ2v) is 5.12. The highest BCUT2D eigenvalue weighted by Crippen LogP contribution is 2.29. The van der Waals surface area contributed by atoms with Crippen LogP contribution in [0.25, 0.3) is 10.8 Å². The Kier molecular flexibility index (Phi) is 3.05. The summed E-state index contributed by atoms with van der Waals surface area (Å²) >= 11 is 0. The van der Waals surface area contributed by atoms with Crippen molar-refractivity contribution < 1.29 is 0 Å². The molecule has 0 fully saturated rings.